The Bertz CT molecular complexity index is 177. The minimum atomic E-state index is -0.463. The van der Waals surface area contributed by atoms with Crippen LogP contribution in [0.2, 0.25) is 0 Å². The van der Waals surface area contributed by atoms with Crippen LogP contribution in [0.15, 0.2) is 12.2 Å². The summed E-state index contributed by atoms with van der Waals surface area (Å²) >= 11 is 0. The highest BCUT2D eigenvalue weighted by atomic mass is 16.2. The highest BCUT2D eigenvalue weighted by Gasteiger charge is 1.93. The zero-order valence-electron chi connectivity index (χ0n) is 5.83. The molecule has 0 aromatic carbocycles. The van der Waals surface area contributed by atoms with Crippen molar-refractivity contribution in [2.45, 2.75) is 6.42 Å². The predicted octanol–water partition coefficient (Wildman–Crippen LogP) is -2.09. The van der Waals surface area contributed by atoms with Gasteiger partial charge >= 0.3 is 0 Å². The number of hydrogen-bond donors (Lipinski definition) is 4. The predicted molar refractivity (Wildman–Crippen MR) is 38.4 cm³/mol. The van der Waals surface area contributed by atoms with Gasteiger partial charge in [-0.1, -0.05) is 6.08 Å². The summed E-state index contributed by atoms with van der Waals surface area (Å²) in [5.74, 6) is 8.68. The van der Waals surface area contributed by atoms with Gasteiger partial charge in [0.1, 0.15) is 0 Å². The van der Waals surface area contributed by atoms with Gasteiger partial charge in [-0.15, -0.1) is 0 Å². The van der Waals surface area contributed by atoms with Crippen molar-refractivity contribution in [3.63, 3.8) is 0 Å². The monoisotopic (exact) mass is 158 g/mol. The van der Waals surface area contributed by atoms with E-state index in [0.717, 1.165) is 6.08 Å². The van der Waals surface area contributed by atoms with Crippen molar-refractivity contribution in [1.29, 1.82) is 0 Å². The third-order valence-electron chi connectivity index (χ3n) is 0.876. The first kappa shape index (κ1) is 9.60. The Morgan fingerprint density at radius 1 is 1.27 bits per heavy atom. The molecule has 0 atom stereocenters. The Hall–Kier alpha value is -1.40. The summed E-state index contributed by atoms with van der Waals surface area (Å²) in [7, 11) is 0. The summed E-state index contributed by atoms with van der Waals surface area (Å²) in [4.78, 5) is 20.8. The summed E-state index contributed by atoms with van der Waals surface area (Å²) in [6.07, 6.45) is 2.56. The van der Waals surface area contributed by atoms with Crippen LogP contribution in [0.1, 0.15) is 6.42 Å². The van der Waals surface area contributed by atoms with Gasteiger partial charge in [-0.05, 0) is 0 Å². The Morgan fingerprint density at radius 2 is 1.91 bits per heavy atom. The average Bonchev–Trinajstić information content (AvgIpc) is 2.04. The molecule has 0 saturated heterocycles. The van der Waals surface area contributed by atoms with E-state index in [4.69, 9.17) is 11.7 Å². The number of carbonyl (C=O) groups is 2. The molecule has 11 heavy (non-hydrogen) atoms. The lowest BCUT2D eigenvalue weighted by atomic mass is 10.3. The van der Waals surface area contributed by atoms with Gasteiger partial charge in [-0.2, -0.15) is 0 Å². The van der Waals surface area contributed by atoms with Crippen molar-refractivity contribution < 1.29 is 9.59 Å². The molecular weight excluding hydrogens is 148 g/mol. The lowest BCUT2D eigenvalue weighted by Gasteiger charge is -1.92. The quantitative estimate of drug-likeness (QED) is 0.163. The van der Waals surface area contributed by atoms with Crippen molar-refractivity contribution in [2.24, 2.45) is 11.7 Å². The summed E-state index contributed by atoms with van der Waals surface area (Å²) in [5, 5.41) is 0. The first-order chi connectivity index (χ1) is 5.20. The van der Waals surface area contributed by atoms with E-state index < -0.39 is 5.91 Å². The molecular formula is C5H10N4O2. The second-order valence-electron chi connectivity index (χ2n) is 1.68. The Balaban J connectivity index is 3.60. The number of rotatable bonds is 3. The first-order valence-corrected chi connectivity index (χ1v) is 2.87. The molecule has 0 heterocycles. The Kier molecular flexibility index (Phi) is 4.70. The van der Waals surface area contributed by atoms with E-state index in [9.17, 15) is 9.59 Å². The zero-order valence-corrected chi connectivity index (χ0v) is 5.83. The fourth-order valence-electron chi connectivity index (χ4n) is 0.380. The largest absolute Gasteiger partial charge is 0.294 e. The SMILES string of the molecule is NNC(=O)/C=C/CC(=O)NN. The minimum Gasteiger partial charge on any atom is -0.294 e. The lowest BCUT2D eigenvalue weighted by Crippen LogP contribution is -2.30. The van der Waals surface area contributed by atoms with E-state index in [2.05, 4.69) is 0 Å². The van der Waals surface area contributed by atoms with Gasteiger partial charge in [0.2, 0.25) is 5.91 Å². The number of carbonyl (C=O) groups excluding carboxylic acids is 2. The van der Waals surface area contributed by atoms with Crippen LogP contribution in [-0.2, 0) is 9.59 Å². The summed E-state index contributed by atoms with van der Waals surface area (Å²) in [5.41, 5.74) is 3.77. The maximum atomic E-state index is 10.4. The van der Waals surface area contributed by atoms with Crippen molar-refractivity contribution in [3.05, 3.63) is 12.2 Å². The summed E-state index contributed by atoms with van der Waals surface area (Å²) in [6.45, 7) is 0. The molecule has 62 valence electrons. The van der Waals surface area contributed by atoms with Crippen LogP contribution < -0.4 is 22.5 Å². The van der Waals surface area contributed by atoms with Crippen LogP contribution in [0.5, 0.6) is 0 Å². The molecule has 0 aliphatic carbocycles. The van der Waals surface area contributed by atoms with E-state index in [1.54, 1.807) is 0 Å². The topological polar surface area (TPSA) is 110 Å². The summed E-state index contributed by atoms with van der Waals surface area (Å²) in [6, 6.07) is 0. The highest BCUT2D eigenvalue weighted by Crippen LogP contribution is 1.80. The first-order valence-electron chi connectivity index (χ1n) is 2.87. The van der Waals surface area contributed by atoms with Gasteiger partial charge in [0, 0.05) is 12.5 Å². The Labute approximate surface area is 63.6 Å². The molecule has 0 spiro atoms. The lowest BCUT2D eigenvalue weighted by molar-refractivity contribution is -0.120. The molecule has 0 aliphatic rings. The van der Waals surface area contributed by atoms with E-state index >= 15 is 0 Å². The second kappa shape index (κ2) is 5.39. The molecule has 0 radical (unpaired) electrons. The number of nitrogens with one attached hydrogen (secondary N) is 2. The number of hydrogen-bond acceptors (Lipinski definition) is 4. The van der Waals surface area contributed by atoms with Gasteiger partial charge in [-0.3, -0.25) is 20.4 Å². The Morgan fingerprint density at radius 3 is 2.36 bits per heavy atom. The fraction of sp³-hybridized carbons (Fsp3) is 0.200. The molecule has 0 rings (SSSR count). The molecule has 0 aromatic heterocycles. The molecule has 0 bridgehead atoms. The maximum absolute atomic E-state index is 10.4. The average molecular weight is 158 g/mol. The van der Waals surface area contributed by atoms with Crippen molar-refractivity contribution >= 4 is 11.8 Å². The van der Waals surface area contributed by atoms with Gasteiger partial charge in [-0.25, -0.2) is 11.7 Å². The molecule has 0 unspecified atom stereocenters. The van der Waals surface area contributed by atoms with Crippen LogP contribution in [0.25, 0.3) is 0 Å². The molecule has 2 amide bonds. The standard InChI is InChI=1S/C5H10N4O2/c6-8-4(10)2-1-3-5(11)9-7/h1-2H,3,6-7H2,(H,8,10)(H,9,11)/b2-1+. The van der Waals surface area contributed by atoms with Crippen LogP contribution in [0.4, 0.5) is 0 Å². The fourth-order valence-corrected chi connectivity index (χ4v) is 0.380. The highest BCUT2D eigenvalue weighted by molar-refractivity contribution is 5.88. The van der Waals surface area contributed by atoms with Crippen LogP contribution in [-0.4, -0.2) is 11.8 Å². The van der Waals surface area contributed by atoms with Crippen molar-refractivity contribution in [3.8, 4) is 0 Å². The molecule has 6 heteroatoms. The molecule has 0 aliphatic heterocycles. The maximum Gasteiger partial charge on any atom is 0.257 e. The molecule has 6 nitrogen and oxygen atoms in total. The number of nitrogens with two attached hydrogens (primary N) is 2. The van der Waals surface area contributed by atoms with Crippen LogP contribution >= 0.6 is 0 Å². The van der Waals surface area contributed by atoms with Gasteiger partial charge in [0.05, 0.1) is 0 Å². The summed E-state index contributed by atoms with van der Waals surface area (Å²) < 4.78 is 0. The number of amides is 2. The third-order valence-corrected chi connectivity index (χ3v) is 0.876. The van der Waals surface area contributed by atoms with Gasteiger partial charge in [0.15, 0.2) is 0 Å². The minimum absolute atomic E-state index is 0.0594. The third kappa shape index (κ3) is 5.07. The number of hydrazine groups is 2. The molecule has 6 N–H and O–H groups in total. The normalized spacial score (nSPS) is 9.64. The van der Waals surface area contributed by atoms with Crippen molar-refractivity contribution in [1.82, 2.24) is 10.9 Å². The van der Waals surface area contributed by atoms with Gasteiger partial charge < -0.3 is 0 Å². The van der Waals surface area contributed by atoms with E-state index in [0.29, 0.717) is 0 Å². The molecule has 0 fully saturated rings. The van der Waals surface area contributed by atoms with Crippen molar-refractivity contribution in [2.75, 3.05) is 0 Å². The van der Waals surface area contributed by atoms with E-state index in [-0.39, 0.29) is 12.3 Å². The molecule has 0 aromatic rings. The van der Waals surface area contributed by atoms with E-state index in [1.807, 2.05) is 10.9 Å². The van der Waals surface area contributed by atoms with Crippen LogP contribution in [0, 0.1) is 0 Å². The smallest absolute Gasteiger partial charge is 0.257 e. The zero-order chi connectivity index (χ0) is 8.69. The van der Waals surface area contributed by atoms with Crippen LogP contribution in [0.3, 0.4) is 0 Å². The second-order valence-corrected chi connectivity index (χ2v) is 1.68. The molecule has 0 saturated carbocycles. The van der Waals surface area contributed by atoms with E-state index in [1.165, 1.54) is 6.08 Å². The van der Waals surface area contributed by atoms with Gasteiger partial charge in [0.25, 0.3) is 5.91 Å².